The highest BCUT2D eigenvalue weighted by atomic mass is 32.2. The van der Waals surface area contributed by atoms with Crippen molar-refractivity contribution in [2.75, 3.05) is 0 Å². The molecule has 0 saturated carbocycles. The smallest absolute Gasteiger partial charge is 0.303 e. The SMILES string of the molecule is Cc1cc(CCC(=O)O)ccc1-c1nnc(-c2ccc(SC(C)C)c(C#N)c2)s1. The van der Waals surface area contributed by atoms with Crippen molar-refractivity contribution >= 4 is 29.1 Å². The molecule has 1 N–H and O–H groups in total. The van der Waals surface area contributed by atoms with Crippen molar-refractivity contribution in [1.29, 1.82) is 5.26 Å². The number of benzene rings is 2. The minimum Gasteiger partial charge on any atom is -0.481 e. The van der Waals surface area contributed by atoms with E-state index in [4.69, 9.17) is 5.11 Å². The van der Waals surface area contributed by atoms with Gasteiger partial charge in [0.05, 0.1) is 5.56 Å². The maximum Gasteiger partial charge on any atom is 0.303 e. The van der Waals surface area contributed by atoms with E-state index in [1.807, 2.05) is 43.3 Å². The van der Waals surface area contributed by atoms with E-state index in [9.17, 15) is 10.1 Å². The Balaban J connectivity index is 1.86. The summed E-state index contributed by atoms with van der Waals surface area (Å²) in [5.74, 6) is -0.796. The van der Waals surface area contributed by atoms with Gasteiger partial charge in [0.25, 0.3) is 0 Å². The molecule has 0 spiro atoms. The quantitative estimate of drug-likeness (QED) is 0.500. The minimum absolute atomic E-state index is 0.119. The van der Waals surface area contributed by atoms with Crippen molar-refractivity contribution < 1.29 is 9.90 Å². The molecule has 29 heavy (non-hydrogen) atoms. The van der Waals surface area contributed by atoms with Crippen molar-refractivity contribution in [2.24, 2.45) is 0 Å². The largest absolute Gasteiger partial charge is 0.481 e. The third kappa shape index (κ3) is 5.22. The summed E-state index contributed by atoms with van der Waals surface area (Å²) >= 11 is 3.16. The molecule has 0 atom stereocenters. The number of aromatic nitrogens is 2. The Morgan fingerprint density at radius 2 is 1.97 bits per heavy atom. The van der Waals surface area contributed by atoms with Crippen LogP contribution in [0.25, 0.3) is 21.1 Å². The molecule has 2 aromatic carbocycles. The Hall–Kier alpha value is -2.69. The van der Waals surface area contributed by atoms with Crippen LogP contribution in [0.3, 0.4) is 0 Å². The first-order valence-corrected chi connectivity index (χ1v) is 10.9. The number of aliphatic carboxylic acids is 1. The zero-order valence-electron chi connectivity index (χ0n) is 16.5. The summed E-state index contributed by atoms with van der Waals surface area (Å²) in [7, 11) is 0. The van der Waals surface area contributed by atoms with E-state index in [1.54, 1.807) is 11.8 Å². The summed E-state index contributed by atoms with van der Waals surface area (Å²) in [5, 5.41) is 29.0. The molecule has 3 rings (SSSR count). The molecule has 0 amide bonds. The van der Waals surface area contributed by atoms with E-state index < -0.39 is 5.97 Å². The number of nitriles is 1. The van der Waals surface area contributed by atoms with Crippen LogP contribution in [0.4, 0.5) is 0 Å². The normalized spacial score (nSPS) is 10.9. The monoisotopic (exact) mass is 423 g/mol. The van der Waals surface area contributed by atoms with Crippen LogP contribution in [0, 0.1) is 18.3 Å². The van der Waals surface area contributed by atoms with Crippen molar-refractivity contribution in [3.05, 3.63) is 53.1 Å². The molecule has 0 aliphatic carbocycles. The fourth-order valence-corrected chi connectivity index (χ4v) is 4.74. The van der Waals surface area contributed by atoms with Gasteiger partial charge in [0, 0.05) is 27.7 Å². The van der Waals surface area contributed by atoms with Crippen molar-refractivity contribution in [1.82, 2.24) is 10.2 Å². The number of hydrogen-bond acceptors (Lipinski definition) is 6. The molecule has 3 aromatic rings. The number of aryl methyl sites for hydroxylation is 2. The number of carbonyl (C=O) groups is 1. The summed E-state index contributed by atoms with van der Waals surface area (Å²) in [5.41, 5.74) is 4.55. The predicted molar refractivity (Wildman–Crippen MR) is 117 cm³/mol. The van der Waals surface area contributed by atoms with Crippen LogP contribution in [0.5, 0.6) is 0 Å². The van der Waals surface area contributed by atoms with Gasteiger partial charge in [-0.05, 0) is 36.6 Å². The number of hydrogen-bond donors (Lipinski definition) is 1. The average Bonchev–Trinajstić information content (AvgIpc) is 3.16. The van der Waals surface area contributed by atoms with Crippen molar-refractivity contribution in [2.45, 2.75) is 43.8 Å². The molecule has 148 valence electrons. The molecular weight excluding hydrogens is 402 g/mol. The highest BCUT2D eigenvalue weighted by molar-refractivity contribution is 8.00. The molecule has 0 radical (unpaired) electrons. The maximum absolute atomic E-state index is 10.8. The van der Waals surface area contributed by atoms with Crippen LogP contribution in [0.1, 0.15) is 37.0 Å². The fourth-order valence-electron chi connectivity index (χ4n) is 2.93. The molecule has 0 aliphatic rings. The Bertz CT molecular complexity index is 1080. The lowest BCUT2D eigenvalue weighted by atomic mass is 10.0. The molecule has 0 fully saturated rings. The Morgan fingerprint density at radius 1 is 1.21 bits per heavy atom. The second-order valence-electron chi connectivity index (χ2n) is 6.94. The van der Waals surface area contributed by atoms with E-state index in [2.05, 4.69) is 30.1 Å². The standard InChI is InChI=1S/C22H21N3O2S2/c1-13(2)28-19-8-6-16(11-17(19)12-23)21-24-25-22(29-21)18-7-4-15(10-14(18)3)5-9-20(26)27/h4,6-8,10-11,13H,5,9H2,1-3H3,(H,26,27). The van der Waals surface area contributed by atoms with Gasteiger partial charge in [-0.2, -0.15) is 5.26 Å². The lowest BCUT2D eigenvalue weighted by molar-refractivity contribution is -0.136. The number of carboxylic acid groups (broad SMARTS) is 1. The van der Waals surface area contributed by atoms with E-state index >= 15 is 0 Å². The third-order valence-corrected chi connectivity index (χ3v) is 6.37. The Morgan fingerprint density at radius 3 is 2.62 bits per heavy atom. The first kappa shape index (κ1) is 21.0. The van der Waals surface area contributed by atoms with E-state index in [0.717, 1.165) is 37.2 Å². The zero-order chi connectivity index (χ0) is 21.0. The first-order chi connectivity index (χ1) is 13.9. The van der Waals surface area contributed by atoms with E-state index in [1.165, 1.54) is 11.3 Å². The van der Waals surface area contributed by atoms with Gasteiger partial charge in [-0.3, -0.25) is 4.79 Å². The lowest BCUT2D eigenvalue weighted by Gasteiger charge is -2.07. The highest BCUT2D eigenvalue weighted by Gasteiger charge is 2.14. The van der Waals surface area contributed by atoms with Crippen LogP contribution in [0.2, 0.25) is 0 Å². The fraction of sp³-hybridized carbons (Fsp3) is 0.273. The van der Waals surface area contributed by atoms with Gasteiger partial charge in [-0.25, -0.2) is 0 Å². The molecular formula is C22H21N3O2S2. The molecule has 1 heterocycles. The highest BCUT2D eigenvalue weighted by Crippen LogP contribution is 2.35. The van der Waals surface area contributed by atoms with Gasteiger partial charge >= 0.3 is 5.97 Å². The molecule has 0 bridgehead atoms. The number of rotatable bonds is 7. The lowest BCUT2D eigenvalue weighted by Crippen LogP contribution is -1.98. The van der Waals surface area contributed by atoms with Gasteiger partial charge in [-0.1, -0.05) is 49.4 Å². The van der Waals surface area contributed by atoms with Gasteiger partial charge < -0.3 is 5.11 Å². The number of thioether (sulfide) groups is 1. The first-order valence-electron chi connectivity index (χ1n) is 9.23. The topological polar surface area (TPSA) is 86.9 Å². The van der Waals surface area contributed by atoms with Gasteiger partial charge in [0.1, 0.15) is 16.1 Å². The summed E-state index contributed by atoms with van der Waals surface area (Å²) in [4.78, 5) is 11.7. The summed E-state index contributed by atoms with van der Waals surface area (Å²) < 4.78 is 0. The Kier molecular flexibility index (Phi) is 6.68. The summed E-state index contributed by atoms with van der Waals surface area (Å²) in [6, 6.07) is 14.0. The number of carboxylic acids is 1. The Labute approximate surface area is 178 Å². The predicted octanol–water partition coefficient (Wildman–Crippen LogP) is 5.57. The summed E-state index contributed by atoms with van der Waals surface area (Å²) in [6.07, 6.45) is 0.629. The molecule has 0 unspecified atom stereocenters. The molecule has 0 aliphatic heterocycles. The number of nitrogens with zero attached hydrogens (tertiary/aromatic N) is 3. The maximum atomic E-state index is 10.8. The molecule has 1 aromatic heterocycles. The van der Waals surface area contributed by atoms with Gasteiger partial charge in [-0.15, -0.1) is 22.0 Å². The summed E-state index contributed by atoms with van der Waals surface area (Å²) in [6.45, 7) is 6.20. The van der Waals surface area contributed by atoms with E-state index in [-0.39, 0.29) is 6.42 Å². The zero-order valence-corrected chi connectivity index (χ0v) is 18.1. The molecule has 0 saturated heterocycles. The van der Waals surface area contributed by atoms with Crippen LogP contribution >= 0.6 is 23.1 Å². The van der Waals surface area contributed by atoms with Crippen LogP contribution in [-0.4, -0.2) is 26.5 Å². The second kappa shape index (κ2) is 9.21. The van der Waals surface area contributed by atoms with Gasteiger partial charge in [0.2, 0.25) is 0 Å². The second-order valence-corrected chi connectivity index (χ2v) is 9.54. The average molecular weight is 424 g/mol. The minimum atomic E-state index is -0.796. The third-order valence-electron chi connectivity index (χ3n) is 4.28. The van der Waals surface area contributed by atoms with Crippen molar-refractivity contribution in [3.8, 4) is 27.2 Å². The molecule has 5 nitrogen and oxygen atoms in total. The van der Waals surface area contributed by atoms with Crippen LogP contribution in [-0.2, 0) is 11.2 Å². The van der Waals surface area contributed by atoms with Gasteiger partial charge in [0.15, 0.2) is 0 Å². The molecule has 7 heteroatoms. The van der Waals surface area contributed by atoms with Crippen molar-refractivity contribution in [3.63, 3.8) is 0 Å². The van der Waals surface area contributed by atoms with E-state index in [0.29, 0.717) is 17.2 Å². The van der Waals surface area contributed by atoms with Crippen LogP contribution in [0.15, 0.2) is 41.3 Å². The van der Waals surface area contributed by atoms with Crippen LogP contribution < -0.4 is 0 Å².